The Kier molecular flexibility index (Phi) is 5.54. The van der Waals surface area contributed by atoms with Gasteiger partial charge in [-0.15, -0.1) is 0 Å². The quantitative estimate of drug-likeness (QED) is 0.300. The topological polar surface area (TPSA) is 193 Å². The molecule has 0 spiro atoms. The van der Waals surface area contributed by atoms with E-state index < -0.39 is 37.9 Å². The van der Waals surface area contributed by atoms with Crippen molar-refractivity contribution in [1.29, 1.82) is 5.26 Å². The molecular formula is C25H25N7O5S2. The number of aryl methyl sites for hydroxylation is 1. The number of nitrogens with one attached hydrogen (secondary N) is 1. The molecule has 3 aliphatic carbocycles. The monoisotopic (exact) mass is 570 g/mol. The van der Waals surface area contributed by atoms with Crippen LogP contribution in [0, 0.1) is 23.6 Å². The van der Waals surface area contributed by atoms with E-state index in [1.807, 2.05) is 0 Å². The minimum atomic E-state index is -4.00. The van der Waals surface area contributed by atoms with Gasteiger partial charge in [-0.3, -0.25) is 4.55 Å². The first kappa shape index (κ1) is 23.0. The number of rotatable bonds is 5. The van der Waals surface area contributed by atoms with Crippen LogP contribution in [0.2, 0.25) is 0 Å². The van der Waals surface area contributed by atoms with Crippen LogP contribution in [-0.2, 0) is 20.1 Å². The van der Waals surface area contributed by atoms with Crippen molar-refractivity contribution in [1.82, 2.24) is 24.3 Å². The number of nitrogen functional groups attached to an aromatic ring is 1. The number of nitrogens with zero attached hydrogens (tertiary/aromatic N) is 5. The molecule has 0 amide bonds. The van der Waals surface area contributed by atoms with Crippen molar-refractivity contribution in [2.24, 2.45) is 5.41 Å². The van der Waals surface area contributed by atoms with Gasteiger partial charge in [-0.2, -0.15) is 18.8 Å². The van der Waals surface area contributed by atoms with Crippen LogP contribution in [0.1, 0.15) is 35.4 Å². The maximum Gasteiger partial charge on any atom is 0.294 e. The highest BCUT2D eigenvalue weighted by Gasteiger charge is 2.62. The van der Waals surface area contributed by atoms with E-state index in [2.05, 4.69) is 25.9 Å². The van der Waals surface area contributed by atoms with Gasteiger partial charge in [0, 0.05) is 15.2 Å². The van der Waals surface area contributed by atoms with Gasteiger partial charge in [-0.1, -0.05) is 24.3 Å². The van der Waals surface area contributed by atoms with E-state index in [-0.39, 0.29) is 38.1 Å². The molecular weight excluding hydrogens is 542 g/mol. The summed E-state index contributed by atoms with van der Waals surface area (Å²) in [6.07, 6.45) is 4.83. The normalized spacial score (nSPS) is 23.4. The molecule has 2 bridgehead atoms. The zero-order valence-corrected chi connectivity index (χ0v) is 21.9. The fourth-order valence-corrected chi connectivity index (χ4v) is 7.15. The lowest BCUT2D eigenvalue weighted by Gasteiger charge is -2.43. The number of anilines is 1. The number of nitrogens with two attached hydrogens (primary N) is 1. The molecule has 14 heteroatoms. The SMILES string of the molecule is O=S(=O)(O)c1ccccc1.[2H]C([2H])([2H])c1ccc(S(=O)(=O)NC23CCC(C#N)(C2)C3)cc1-c1cnc2c(N)ncnn12. The Morgan fingerprint density at radius 2 is 1.85 bits per heavy atom. The number of fused-ring (bicyclic) bond motifs is 2. The van der Waals surface area contributed by atoms with Crippen molar-refractivity contribution in [2.45, 2.75) is 47.9 Å². The third kappa shape index (κ3) is 4.97. The molecule has 3 saturated carbocycles. The van der Waals surface area contributed by atoms with Crippen molar-refractivity contribution in [2.75, 3.05) is 5.73 Å². The summed E-state index contributed by atoms with van der Waals surface area (Å²) in [6, 6.07) is 13.6. The molecule has 12 nitrogen and oxygen atoms in total. The van der Waals surface area contributed by atoms with E-state index in [4.69, 9.17) is 14.4 Å². The van der Waals surface area contributed by atoms with Crippen LogP contribution < -0.4 is 10.5 Å². The lowest BCUT2D eigenvalue weighted by atomic mass is 9.66. The first-order valence-corrected chi connectivity index (χ1v) is 14.6. The van der Waals surface area contributed by atoms with Gasteiger partial charge < -0.3 is 5.73 Å². The zero-order chi connectivity index (χ0) is 30.6. The molecule has 2 aromatic heterocycles. The highest BCUT2D eigenvalue weighted by molar-refractivity contribution is 7.89. The molecule has 0 radical (unpaired) electrons. The molecule has 202 valence electrons. The number of benzene rings is 2. The van der Waals surface area contributed by atoms with Gasteiger partial charge in [0.2, 0.25) is 10.0 Å². The molecule has 0 atom stereocenters. The second-order valence-electron chi connectivity index (χ2n) is 9.65. The Labute approximate surface area is 229 Å². The first-order valence-electron chi connectivity index (χ1n) is 13.2. The molecule has 2 aromatic carbocycles. The number of hydrogen-bond donors (Lipinski definition) is 3. The summed E-state index contributed by atoms with van der Waals surface area (Å²) in [4.78, 5) is 7.88. The van der Waals surface area contributed by atoms with Gasteiger partial charge in [0.15, 0.2) is 11.5 Å². The van der Waals surface area contributed by atoms with E-state index in [9.17, 15) is 22.1 Å². The van der Waals surface area contributed by atoms with Crippen LogP contribution in [0.3, 0.4) is 0 Å². The Balaban J connectivity index is 0.000000300. The smallest absolute Gasteiger partial charge is 0.294 e. The van der Waals surface area contributed by atoms with Gasteiger partial charge in [0.25, 0.3) is 10.1 Å². The van der Waals surface area contributed by atoms with Crippen LogP contribution in [-0.4, -0.2) is 46.5 Å². The largest absolute Gasteiger partial charge is 0.381 e. The van der Waals surface area contributed by atoms with Gasteiger partial charge in [0.1, 0.15) is 6.33 Å². The van der Waals surface area contributed by atoms with E-state index in [1.54, 1.807) is 18.2 Å². The molecule has 0 saturated heterocycles. The second kappa shape index (κ2) is 9.38. The molecule has 0 aliphatic heterocycles. The third-order valence-corrected chi connectivity index (χ3v) is 9.42. The van der Waals surface area contributed by atoms with Gasteiger partial charge >= 0.3 is 0 Å². The van der Waals surface area contributed by atoms with E-state index >= 15 is 0 Å². The van der Waals surface area contributed by atoms with Gasteiger partial charge in [0.05, 0.1) is 33.2 Å². The molecule has 2 heterocycles. The number of imidazole rings is 1. The van der Waals surface area contributed by atoms with Gasteiger partial charge in [-0.25, -0.2) is 27.6 Å². The Hall–Kier alpha value is -3.90. The van der Waals surface area contributed by atoms with Gasteiger partial charge in [-0.05, 0) is 62.4 Å². The molecule has 7 rings (SSSR count). The molecule has 3 aliphatic rings. The summed E-state index contributed by atoms with van der Waals surface area (Å²) in [6.45, 7) is -2.50. The Morgan fingerprint density at radius 3 is 2.46 bits per heavy atom. The molecule has 3 fully saturated rings. The van der Waals surface area contributed by atoms with Crippen LogP contribution in [0.25, 0.3) is 16.9 Å². The van der Waals surface area contributed by atoms with Crippen LogP contribution in [0.15, 0.2) is 70.8 Å². The van der Waals surface area contributed by atoms with Crippen LogP contribution in [0.4, 0.5) is 5.82 Å². The summed E-state index contributed by atoms with van der Waals surface area (Å²) < 4.78 is 83.5. The summed E-state index contributed by atoms with van der Waals surface area (Å²) in [7, 11) is -7.97. The van der Waals surface area contributed by atoms with Crippen molar-refractivity contribution in [3.05, 3.63) is 66.6 Å². The molecule has 0 unspecified atom stereocenters. The number of aromatic nitrogens is 4. The van der Waals surface area contributed by atoms with Crippen molar-refractivity contribution < 1.29 is 25.5 Å². The average molecular weight is 571 g/mol. The molecule has 4 N–H and O–H groups in total. The number of nitriles is 1. The highest BCUT2D eigenvalue weighted by Crippen LogP contribution is 2.61. The fourth-order valence-electron chi connectivity index (χ4n) is 5.19. The van der Waals surface area contributed by atoms with E-state index in [0.717, 1.165) is 0 Å². The minimum absolute atomic E-state index is 0.0402. The summed E-state index contributed by atoms with van der Waals surface area (Å²) in [5, 5.41) is 13.4. The third-order valence-electron chi connectivity index (χ3n) is 6.97. The van der Waals surface area contributed by atoms with E-state index in [1.165, 1.54) is 47.4 Å². The number of sulfonamides is 1. The minimum Gasteiger partial charge on any atom is -0.381 e. The first-order chi connectivity index (χ1) is 19.6. The highest BCUT2D eigenvalue weighted by atomic mass is 32.2. The van der Waals surface area contributed by atoms with E-state index in [0.29, 0.717) is 25.7 Å². The summed E-state index contributed by atoms with van der Waals surface area (Å²) in [5.41, 5.74) is 5.40. The Bertz CT molecular complexity index is 1930. The maximum absolute atomic E-state index is 13.2. The number of hydrogen-bond acceptors (Lipinski definition) is 9. The lowest BCUT2D eigenvalue weighted by Crippen LogP contribution is -2.55. The predicted octanol–water partition coefficient (Wildman–Crippen LogP) is 2.73. The maximum atomic E-state index is 13.2. The van der Waals surface area contributed by atoms with Crippen molar-refractivity contribution in [3.63, 3.8) is 0 Å². The zero-order valence-electron chi connectivity index (χ0n) is 23.3. The standard InChI is InChI=1S/C19H19N7O2S.C6H6O3S/c1-12-2-3-13(29(27,28)25-19-5-4-18(8-19,9-19)10-20)6-14(12)15-7-22-17-16(21)23-11-24-26(15)17;7-10(8,9)6-4-2-1-3-5-6/h2-3,6-7,11,25H,4-5,8-9H2,1H3,(H2,21,23,24);1-5H,(H,7,8,9)/i1D3;. The summed E-state index contributed by atoms with van der Waals surface area (Å²) in [5.74, 6) is 0.110. The molecule has 39 heavy (non-hydrogen) atoms. The summed E-state index contributed by atoms with van der Waals surface area (Å²) >= 11 is 0. The van der Waals surface area contributed by atoms with Crippen molar-refractivity contribution >= 4 is 31.6 Å². The Morgan fingerprint density at radius 1 is 1.10 bits per heavy atom. The lowest BCUT2D eigenvalue weighted by molar-refractivity contribution is 0.161. The average Bonchev–Trinajstić information content (AvgIpc) is 3.60. The second-order valence-corrected chi connectivity index (χ2v) is 12.8. The van der Waals surface area contributed by atoms with Crippen molar-refractivity contribution in [3.8, 4) is 17.3 Å². The van der Waals surface area contributed by atoms with Crippen LogP contribution in [0.5, 0.6) is 0 Å². The predicted molar refractivity (Wildman–Crippen MR) is 141 cm³/mol. The fraction of sp³-hybridized carbons (Fsp3) is 0.280. The molecule has 4 aromatic rings. The van der Waals surface area contributed by atoms with Crippen LogP contribution >= 0.6 is 0 Å².